The van der Waals surface area contributed by atoms with E-state index >= 15 is 0 Å². The van der Waals surface area contributed by atoms with Crippen LogP contribution < -0.4 is 5.32 Å². The van der Waals surface area contributed by atoms with Crippen molar-refractivity contribution in [1.82, 2.24) is 5.32 Å². The Morgan fingerprint density at radius 1 is 1.41 bits per heavy atom. The van der Waals surface area contributed by atoms with Crippen molar-refractivity contribution < 1.29 is 19.7 Å². The highest BCUT2D eigenvalue weighted by molar-refractivity contribution is 5.67. The number of carbonyl (C=O) groups excluding carboxylic acids is 1. The van der Waals surface area contributed by atoms with Crippen molar-refractivity contribution in [1.29, 1.82) is 5.26 Å². The zero-order valence-electron chi connectivity index (χ0n) is 13.3. The zero-order chi connectivity index (χ0) is 16.9. The number of carbonyl (C=O) groups is 1. The number of nitrogens with zero attached hydrogens (tertiary/aromatic N) is 1. The number of hydrogen-bond acceptors (Lipinski definition) is 5. The number of nitriles is 1. The Morgan fingerprint density at radius 3 is 2.59 bits per heavy atom. The smallest absolute Gasteiger partial charge is 0.407 e. The minimum atomic E-state index is -1.21. The van der Waals surface area contributed by atoms with Crippen LogP contribution in [-0.4, -0.2) is 34.6 Å². The van der Waals surface area contributed by atoms with Crippen LogP contribution in [0.3, 0.4) is 0 Å². The summed E-state index contributed by atoms with van der Waals surface area (Å²) in [5.74, 6) is 0. The topological polar surface area (TPSA) is 103 Å². The molecule has 1 amide bonds. The molecule has 0 aliphatic rings. The van der Waals surface area contributed by atoms with E-state index in [4.69, 9.17) is 10.00 Å². The van der Waals surface area contributed by atoms with Gasteiger partial charge < -0.3 is 20.3 Å². The van der Waals surface area contributed by atoms with Gasteiger partial charge >= 0.3 is 6.09 Å². The lowest BCUT2D eigenvalue weighted by atomic mass is 9.99. The molecule has 0 fully saturated rings. The van der Waals surface area contributed by atoms with Crippen LogP contribution in [0.15, 0.2) is 18.2 Å². The molecule has 1 aromatic rings. The first kappa shape index (κ1) is 18.0. The largest absolute Gasteiger partial charge is 0.444 e. The number of nitrogens with one attached hydrogen (secondary N) is 1. The SMILES string of the molecule is Cc1ccc(C(O)C(O)CNC(=O)OC(C)(C)C)cc1C#N. The van der Waals surface area contributed by atoms with Crippen LogP contribution in [0.1, 0.15) is 43.6 Å². The quantitative estimate of drug-likeness (QED) is 0.787. The highest BCUT2D eigenvalue weighted by atomic mass is 16.6. The van der Waals surface area contributed by atoms with E-state index in [1.807, 2.05) is 6.07 Å². The number of aliphatic hydroxyl groups excluding tert-OH is 2. The number of ether oxygens (including phenoxy) is 1. The van der Waals surface area contributed by atoms with Crippen molar-refractivity contribution in [3.05, 3.63) is 34.9 Å². The Labute approximate surface area is 130 Å². The van der Waals surface area contributed by atoms with Crippen molar-refractivity contribution in [2.45, 2.75) is 45.5 Å². The fraction of sp³-hybridized carbons (Fsp3) is 0.500. The molecule has 6 heteroatoms. The van der Waals surface area contributed by atoms with Crippen molar-refractivity contribution in [3.63, 3.8) is 0 Å². The monoisotopic (exact) mass is 306 g/mol. The molecule has 0 spiro atoms. The molecule has 22 heavy (non-hydrogen) atoms. The average molecular weight is 306 g/mol. The van der Waals surface area contributed by atoms with E-state index < -0.39 is 23.9 Å². The first-order chi connectivity index (χ1) is 10.1. The van der Waals surface area contributed by atoms with Gasteiger partial charge in [0.2, 0.25) is 0 Å². The maximum Gasteiger partial charge on any atom is 0.407 e. The molecule has 1 aromatic carbocycles. The van der Waals surface area contributed by atoms with E-state index in [0.717, 1.165) is 5.56 Å². The van der Waals surface area contributed by atoms with Gasteiger partial charge in [-0.3, -0.25) is 0 Å². The molecule has 6 nitrogen and oxygen atoms in total. The molecule has 2 unspecified atom stereocenters. The molecule has 1 rings (SSSR count). The summed E-state index contributed by atoms with van der Waals surface area (Å²) >= 11 is 0. The zero-order valence-corrected chi connectivity index (χ0v) is 13.3. The van der Waals surface area contributed by atoms with Gasteiger partial charge in [0.05, 0.1) is 11.6 Å². The number of benzene rings is 1. The van der Waals surface area contributed by atoms with Gasteiger partial charge in [0.25, 0.3) is 0 Å². The number of alkyl carbamates (subject to hydrolysis) is 1. The lowest BCUT2D eigenvalue weighted by Crippen LogP contribution is -2.38. The second kappa shape index (κ2) is 7.25. The first-order valence-corrected chi connectivity index (χ1v) is 6.97. The third-order valence-electron chi connectivity index (χ3n) is 2.94. The van der Waals surface area contributed by atoms with Crippen LogP contribution in [-0.2, 0) is 4.74 Å². The lowest BCUT2D eigenvalue weighted by molar-refractivity contribution is 0.0129. The molecule has 2 atom stereocenters. The molecule has 0 heterocycles. The van der Waals surface area contributed by atoms with E-state index in [-0.39, 0.29) is 6.54 Å². The summed E-state index contributed by atoms with van der Waals surface area (Å²) < 4.78 is 5.04. The summed E-state index contributed by atoms with van der Waals surface area (Å²) in [7, 11) is 0. The maximum absolute atomic E-state index is 11.5. The van der Waals surface area contributed by atoms with Crippen molar-refractivity contribution in [2.24, 2.45) is 0 Å². The maximum atomic E-state index is 11.5. The third-order valence-corrected chi connectivity index (χ3v) is 2.94. The molecule has 0 saturated carbocycles. The summed E-state index contributed by atoms with van der Waals surface area (Å²) in [5, 5.41) is 31.4. The minimum Gasteiger partial charge on any atom is -0.444 e. The van der Waals surface area contributed by atoms with Gasteiger partial charge in [-0.15, -0.1) is 0 Å². The van der Waals surface area contributed by atoms with E-state index in [1.54, 1.807) is 39.8 Å². The van der Waals surface area contributed by atoms with Gasteiger partial charge in [0.15, 0.2) is 0 Å². The molecule has 0 saturated heterocycles. The first-order valence-electron chi connectivity index (χ1n) is 6.97. The number of rotatable bonds is 4. The molecule has 120 valence electrons. The lowest BCUT2D eigenvalue weighted by Gasteiger charge is -2.22. The van der Waals surface area contributed by atoms with Crippen LogP contribution in [0.4, 0.5) is 4.79 Å². The average Bonchev–Trinajstić information content (AvgIpc) is 2.42. The second-order valence-corrected chi connectivity index (χ2v) is 6.08. The summed E-state index contributed by atoms with van der Waals surface area (Å²) in [6, 6.07) is 6.88. The molecular weight excluding hydrogens is 284 g/mol. The number of hydrogen-bond donors (Lipinski definition) is 3. The van der Waals surface area contributed by atoms with Gasteiger partial charge in [-0.05, 0) is 44.9 Å². The van der Waals surface area contributed by atoms with Gasteiger partial charge in [-0.1, -0.05) is 12.1 Å². The molecule has 0 aromatic heterocycles. The molecular formula is C16H22N2O4. The van der Waals surface area contributed by atoms with E-state index in [9.17, 15) is 15.0 Å². The summed E-state index contributed by atoms with van der Waals surface area (Å²) in [5.41, 5.74) is 1.01. The van der Waals surface area contributed by atoms with E-state index in [1.165, 1.54) is 6.07 Å². The van der Waals surface area contributed by atoms with Crippen LogP contribution in [0.2, 0.25) is 0 Å². The second-order valence-electron chi connectivity index (χ2n) is 6.08. The summed E-state index contributed by atoms with van der Waals surface area (Å²) in [4.78, 5) is 11.5. The Kier molecular flexibility index (Phi) is 5.92. The standard InChI is InChI=1S/C16H22N2O4/c1-10-5-6-11(7-12(10)8-17)14(20)13(19)9-18-15(21)22-16(2,3)4/h5-7,13-14,19-20H,9H2,1-4H3,(H,18,21). The Bertz CT molecular complexity index is 572. The molecule has 0 bridgehead atoms. The van der Waals surface area contributed by atoms with Crippen LogP contribution >= 0.6 is 0 Å². The van der Waals surface area contributed by atoms with Crippen molar-refractivity contribution >= 4 is 6.09 Å². The Balaban J connectivity index is 2.64. The van der Waals surface area contributed by atoms with Gasteiger partial charge in [-0.25, -0.2) is 4.79 Å². The van der Waals surface area contributed by atoms with Crippen molar-refractivity contribution in [3.8, 4) is 6.07 Å². The predicted molar refractivity (Wildman–Crippen MR) is 81.1 cm³/mol. The number of aliphatic hydroxyl groups is 2. The summed E-state index contributed by atoms with van der Waals surface area (Å²) in [6.07, 6.45) is -3.08. The third kappa shape index (κ3) is 5.35. The van der Waals surface area contributed by atoms with Crippen LogP contribution in [0, 0.1) is 18.3 Å². The number of aryl methyl sites for hydroxylation is 1. The molecule has 0 radical (unpaired) electrons. The van der Waals surface area contributed by atoms with E-state index in [0.29, 0.717) is 11.1 Å². The van der Waals surface area contributed by atoms with Crippen LogP contribution in [0.5, 0.6) is 0 Å². The fourth-order valence-electron chi connectivity index (χ4n) is 1.78. The minimum absolute atomic E-state index is 0.161. The van der Waals surface area contributed by atoms with Gasteiger partial charge in [-0.2, -0.15) is 5.26 Å². The van der Waals surface area contributed by atoms with Gasteiger partial charge in [0, 0.05) is 6.54 Å². The highest BCUT2D eigenvalue weighted by Gasteiger charge is 2.22. The van der Waals surface area contributed by atoms with Gasteiger partial charge in [0.1, 0.15) is 17.8 Å². The highest BCUT2D eigenvalue weighted by Crippen LogP contribution is 2.20. The molecule has 0 aliphatic heterocycles. The predicted octanol–water partition coefficient (Wildman–Crippen LogP) is 1.79. The Hall–Kier alpha value is -2.10. The van der Waals surface area contributed by atoms with Crippen LogP contribution in [0.25, 0.3) is 0 Å². The molecule has 3 N–H and O–H groups in total. The Morgan fingerprint density at radius 2 is 2.05 bits per heavy atom. The van der Waals surface area contributed by atoms with Crippen molar-refractivity contribution in [2.75, 3.05) is 6.54 Å². The molecule has 0 aliphatic carbocycles. The van der Waals surface area contributed by atoms with E-state index in [2.05, 4.69) is 5.32 Å². The number of amides is 1. The fourth-order valence-corrected chi connectivity index (χ4v) is 1.78. The normalized spacial score (nSPS) is 13.9. The summed E-state index contributed by atoms with van der Waals surface area (Å²) in [6.45, 7) is 6.82.